The van der Waals surface area contributed by atoms with Gasteiger partial charge in [0, 0.05) is 33.2 Å². The monoisotopic (exact) mass is 631 g/mol. The van der Waals surface area contributed by atoms with E-state index in [0.29, 0.717) is 0 Å². The van der Waals surface area contributed by atoms with E-state index in [1.165, 1.54) is 55.3 Å². The van der Waals surface area contributed by atoms with Crippen LogP contribution in [-0.2, 0) is 5.41 Å². The predicted octanol–water partition coefficient (Wildman–Crippen LogP) is 13.5. The lowest BCUT2D eigenvalue weighted by Crippen LogP contribution is -2.23. The normalized spacial score (nSPS) is 13.0. The van der Waals surface area contributed by atoms with Gasteiger partial charge in [-0.2, -0.15) is 0 Å². The van der Waals surface area contributed by atoms with Crippen molar-refractivity contribution < 1.29 is 4.42 Å². The number of hydrogen-bond donors (Lipinski definition) is 0. The first-order valence-electron chi connectivity index (χ1n) is 17.4. The highest BCUT2D eigenvalue weighted by molar-refractivity contribution is 6.15. The SMILES string of the molecule is CCC1(CC)c2cc(N(c3cccc(-c4ccccc4)c3)c3cccc(-c4ccccc4)c3)ccc2-c2c1ccc1oc3ccccc3c21. The number of para-hydroxylation sites is 1. The van der Waals surface area contributed by atoms with Crippen LogP contribution in [0.15, 0.2) is 168 Å². The summed E-state index contributed by atoms with van der Waals surface area (Å²) in [4.78, 5) is 2.43. The Morgan fingerprint density at radius 3 is 1.67 bits per heavy atom. The van der Waals surface area contributed by atoms with Crippen LogP contribution in [0.25, 0.3) is 55.3 Å². The number of benzene rings is 7. The third-order valence-electron chi connectivity index (χ3n) is 10.7. The molecule has 236 valence electrons. The van der Waals surface area contributed by atoms with E-state index in [9.17, 15) is 0 Å². The molecule has 8 aromatic rings. The molecule has 0 bridgehead atoms. The van der Waals surface area contributed by atoms with Gasteiger partial charge in [0.2, 0.25) is 0 Å². The molecule has 0 atom stereocenters. The molecule has 0 fully saturated rings. The average molecular weight is 632 g/mol. The molecule has 1 aliphatic rings. The summed E-state index contributed by atoms with van der Waals surface area (Å²) < 4.78 is 6.39. The first kappa shape index (κ1) is 29.3. The van der Waals surface area contributed by atoms with E-state index in [-0.39, 0.29) is 5.41 Å². The van der Waals surface area contributed by atoms with Gasteiger partial charge in [-0.15, -0.1) is 0 Å². The van der Waals surface area contributed by atoms with Crippen LogP contribution < -0.4 is 4.90 Å². The summed E-state index contributed by atoms with van der Waals surface area (Å²) in [6, 6.07) is 59.3. The molecule has 0 aliphatic heterocycles. The number of furan rings is 1. The molecule has 49 heavy (non-hydrogen) atoms. The van der Waals surface area contributed by atoms with Gasteiger partial charge in [0.1, 0.15) is 11.2 Å². The molecule has 0 spiro atoms. The van der Waals surface area contributed by atoms with Gasteiger partial charge in [-0.05, 0) is 106 Å². The lowest BCUT2D eigenvalue weighted by molar-refractivity contribution is 0.490. The summed E-state index contributed by atoms with van der Waals surface area (Å²) >= 11 is 0. The van der Waals surface area contributed by atoms with Crippen LogP contribution in [0, 0.1) is 0 Å². The number of rotatable bonds is 7. The summed E-state index contributed by atoms with van der Waals surface area (Å²) in [5.41, 5.74) is 15.5. The van der Waals surface area contributed by atoms with Gasteiger partial charge < -0.3 is 9.32 Å². The molecule has 0 amide bonds. The maximum Gasteiger partial charge on any atom is 0.136 e. The van der Waals surface area contributed by atoms with Gasteiger partial charge in [-0.25, -0.2) is 0 Å². The molecule has 1 aliphatic carbocycles. The number of anilines is 3. The first-order valence-corrected chi connectivity index (χ1v) is 17.4. The van der Waals surface area contributed by atoms with Crippen molar-refractivity contribution in [1.29, 1.82) is 0 Å². The van der Waals surface area contributed by atoms with Gasteiger partial charge in [0.25, 0.3) is 0 Å². The molecular formula is C47H37NO. The highest BCUT2D eigenvalue weighted by Gasteiger charge is 2.42. The second-order valence-corrected chi connectivity index (χ2v) is 13.1. The van der Waals surface area contributed by atoms with Crippen LogP contribution in [0.2, 0.25) is 0 Å². The van der Waals surface area contributed by atoms with Gasteiger partial charge >= 0.3 is 0 Å². The lowest BCUT2D eigenvalue weighted by Gasteiger charge is -2.32. The molecule has 0 radical (unpaired) electrons. The lowest BCUT2D eigenvalue weighted by atomic mass is 9.73. The number of hydrogen-bond acceptors (Lipinski definition) is 2. The smallest absolute Gasteiger partial charge is 0.136 e. The van der Waals surface area contributed by atoms with Crippen molar-refractivity contribution in [2.75, 3.05) is 4.90 Å². The second kappa shape index (κ2) is 11.7. The summed E-state index contributed by atoms with van der Waals surface area (Å²) in [6.07, 6.45) is 2.03. The van der Waals surface area contributed by atoms with E-state index < -0.39 is 0 Å². The Hall–Kier alpha value is -5.86. The Bertz CT molecular complexity index is 2390. The van der Waals surface area contributed by atoms with Gasteiger partial charge in [-0.3, -0.25) is 0 Å². The van der Waals surface area contributed by atoms with Gasteiger partial charge in [0.05, 0.1) is 0 Å². The van der Waals surface area contributed by atoms with Gasteiger partial charge in [0.15, 0.2) is 0 Å². The quantitative estimate of drug-likeness (QED) is 0.174. The number of nitrogens with zero attached hydrogens (tertiary/aromatic N) is 1. The Morgan fingerprint density at radius 2 is 1.04 bits per heavy atom. The maximum absolute atomic E-state index is 6.39. The molecule has 9 rings (SSSR count). The maximum atomic E-state index is 6.39. The highest BCUT2D eigenvalue weighted by atomic mass is 16.3. The first-order chi connectivity index (χ1) is 24.2. The third-order valence-corrected chi connectivity index (χ3v) is 10.7. The van der Waals surface area contributed by atoms with Crippen LogP contribution >= 0.6 is 0 Å². The molecule has 1 aromatic heterocycles. The van der Waals surface area contributed by atoms with E-state index in [4.69, 9.17) is 4.42 Å². The fraction of sp³-hybridized carbons (Fsp3) is 0.106. The minimum absolute atomic E-state index is 0.101. The molecule has 7 aromatic carbocycles. The zero-order valence-corrected chi connectivity index (χ0v) is 27.9. The Labute approximate surface area is 287 Å². The van der Waals surface area contributed by atoms with E-state index >= 15 is 0 Å². The van der Waals surface area contributed by atoms with Crippen molar-refractivity contribution in [1.82, 2.24) is 0 Å². The van der Waals surface area contributed by atoms with Crippen molar-refractivity contribution in [2.45, 2.75) is 32.1 Å². The van der Waals surface area contributed by atoms with Crippen LogP contribution in [0.1, 0.15) is 37.8 Å². The van der Waals surface area contributed by atoms with E-state index in [0.717, 1.165) is 41.1 Å². The molecule has 1 heterocycles. The molecule has 0 saturated carbocycles. The summed E-state index contributed by atoms with van der Waals surface area (Å²) in [5.74, 6) is 0. The predicted molar refractivity (Wildman–Crippen MR) is 206 cm³/mol. The molecule has 0 unspecified atom stereocenters. The largest absolute Gasteiger partial charge is 0.456 e. The van der Waals surface area contributed by atoms with E-state index in [2.05, 4.69) is 183 Å². The Morgan fingerprint density at radius 1 is 0.469 bits per heavy atom. The molecule has 2 heteroatoms. The van der Waals surface area contributed by atoms with Crippen molar-refractivity contribution in [3.63, 3.8) is 0 Å². The fourth-order valence-corrected chi connectivity index (χ4v) is 8.29. The molecule has 2 nitrogen and oxygen atoms in total. The van der Waals surface area contributed by atoms with E-state index in [1.54, 1.807) is 0 Å². The highest BCUT2D eigenvalue weighted by Crippen LogP contribution is 2.57. The topological polar surface area (TPSA) is 16.4 Å². The Balaban J connectivity index is 1.27. The summed E-state index contributed by atoms with van der Waals surface area (Å²) in [7, 11) is 0. The van der Waals surface area contributed by atoms with Gasteiger partial charge in [-0.1, -0.05) is 129 Å². The van der Waals surface area contributed by atoms with Crippen LogP contribution in [0.3, 0.4) is 0 Å². The third kappa shape index (κ3) is 4.63. The van der Waals surface area contributed by atoms with E-state index in [1.807, 2.05) is 0 Å². The average Bonchev–Trinajstić information content (AvgIpc) is 3.69. The minimum atomic E-state index is -0.101. The van der Waals surface area contributed by atoms with Crippen LogP contribution in [0.4, 0.5) is 17.1 Å². The fourth-order valence-electron chi connectivity index (χ4n) is 8.29. The standard InChI is InChI=1S/C47H37NO/c1-3-47(4-2)41-27-28-44-46(40-23-11-12-24-43(40)49-44)45(41)39-26-25-38(31-42(39)47)48(36-21-13-19-34(29-36)32-15-7-5-8-16-32)37-22-14-20-35(30-37)33-17-9-6-10-18-33/h5-31H,3-4H2,1-2H3. The second-order valence-electron chi connectivity index (χ2n) is 13.1. The van der Waals surface area contributed by atoms with Crippen molar-refractivity contribution >= 4 is 39.0 Å². The summed E-state index contributed by atoms with van der Waals surface area (Å²) in [6.45, 7) is 4.69. The molecule has 0 saturated heterocycles. The Kier molecular flexibility index (Phi) is 6.98. The van der Waals surface area contributed by atoms with Crippen LogP contribution in [0.5, 0.6) is 0 Å². The zero-order chi connectivity index (χ0) is 33.0. The molecular weight excluding hydrogens is 595 g/mol. The summed E-state index contributed by atoms with van der Waals surface area (Å²) in [5, 5.41) is 2.42. The van der Waals surface area contributed by atoms with Crippen molar-refractivity contribution in [3.8, 4) is 33.4 Å². The van der Waals surface area contributed by atoms with Crippen molar-refractivity contribution in [3.05, 3.63) is 175 Å². The zero-order valence-electron chi connectivity index (χ0n) is 27.9. The van der Waals surface area contributed by atoms with Crippen molar-refractivity contribution in [2.24, 2.45) is 0 Å². The van der Waals surface area contributed by atoms with Crippen LogP contribution in [-0.4, -0.2) is 0 Å². The molecule has 0 N–H and O–H groups in total. The minimum Gasteiger partial charge on any atom is -0.456 e. The number of fused-ring (bicyclic) bond motifs is 7.